The molecule has 2 atom stereocenters. The van der Waals surface area contributed by atoms with E-state index in [1.807, 2.05) is 6.08 Å². The van der Waals surface area contributed by atoms with Crippen LogP contribution in [0.4, 0.5) is 0 Å². The van der Waals surface area contributed by atoms with Gasteiger partial charge in [0.2, 0.25) is 0 Å². The van der Waals surface area contributed by atoms with Crippen LogP contribution >= 0.6 is 0 Å². The van der Waals surface area contributed by atoms with Crippen LogP contribution in [0.5, 0.6) is 0 Å². The Labute approximate surface area is 66.2 Å². The highest BCUT2D eigenvalue weighted by molar-refractivity contribution is 5.74. The molecule has 0 bridgehead atoms. The average molecular weight is 152 g/mol. The van der Waals surface area contributed by atoms with Crippen molar-refractivity contribution < 1.29 is 9.53 Å². The van der Waals surface area contributed by atoms with Crippen molar-refractivity contribution in [1.29, 1.82) is 0 Å². The van der Waals surface area contributed by atoms with Gasteiger partial charge in [0.1, 0.15) is 0 Å². The van der Waals surface area contributed by atoms with Gasteiger partial charge in [-0.2, -0.15) is 0 Å². The van der Waals surface area contributed by atoms with Crippen LogP contribution in [0.15, 0.2) is 12.3 Å². The number of ether oxygens (including phenoxy) is 1. The van der Waals surface area contributed by atoms with Crippen molar-refractivity contribution in [3.63, 3.8) is 0 Å². The van der Waals surface area contributed by atoms with E-state index in [-0.39, 0.29) is 11.9 Å². The first-order valence-electron chi connectivity index (χ1n) is 4.25. The highest BCUT2D eigenvalue weighted by Crippen LogP contribution is 2.33. The van der Waals surface area contributed by atoms with E-state index < -0.39 is 0 Å². The lowest BCUT2D eigenvalue weighted by atomic mass is 9.78. The SMILES string of the molecule is O=C1OC=CC2CCCCC12. The second kappa shape index (κ2) is 2.68. The fraction of sp³-hybridized carbons (Fsp3) is 0.667. The van der Waals surface area contributed by atoms with Gasteiger partial charge in [-0.3, -0.25) is 4.79 Å². The van der Waals surface area contributed by atoms with E-state index in [2.05, 4.69) is 0 Å². The monoisotopic (exact) mass is 152 g/mol. The number of allylic oxidation sites excluding steroid dienone is 1. The molecular formula is C9H12O2. The molecule has 11 heavy (non-hydrogen) atoms. The van der Waals surface area contributed by atoms with Gasteiger partial charge in [-0.1, -0.05) is 12.8 Å². The van der Waals surface area contributed by atoms with E-state index in [1.165, 1.54) is 12.8 Å². The van der Waals surface area contributed by atoms with Crippen LogP contribution in [0.25, 0.3) is 0 Å². The van der Waals surface area contributed by atoms with E-state index in [9.17, 15) is 4.79 Å². The summed E-state index contributed by atoms with van der Waals surface area (Å²) >= 11 is 0. The molecule has 2 heteroatoms. The molecule has 0 spiro atoms. The van der Waals surface area contributed by atoms with E-state index in [4.69, 9.17) is 4.74 Å². The lowest BCUT2D eigenvalue weighted by molar-refractivity contribution is -0.146. The van der Waals surface area contributed by atoms with Crippen molar-refractivity contribution in [1.82, 2.24) is 0 Å². The van der Waals surface area contributed by atoms with Gasteiger partial charge >= 0.3 is 5.97 Å². The van der Waals surface area contributed by atoms with Crippen LogP contribution in [0, 0.1) is 11.8 Å². The molecule has 0 aromatic rings. The van der Waals surface area contributed by atoms with Crippen molar-refractivity contribution in [3.8, 4) is 0 Å². The molecule has 2 unspecified atom stereocenters. The normalized spacial score (nSPS) is 36.2. The summed E-state index contributed by atoms with van der Waals surface area (Å²) in [6, 6.07) is 0. The summed E-state index contributed by atoms with van der Waals surface area (Å²) in [6.45, 7) is 0. The summed E-state index contributed by atoms with van der Waals surface area (Å²) in [5.41, 5.74) is 0. The largest absolute Gasteiger partial charge is 0.435 e. The summed E-state index contributed by atoms with van der Waals surface area (Å²) in [5, 5.41) is 0. The van der Waals surface area contributed by atoms with Crippen LogP contribution < -0.4 is 0 Å². The lowest BCUT2D eigenvalue weighted by Gasteiger charge is -2.29. The maximum absolute atomic E-state index is 11.2. The summed E-state index contributed by atoms with van der Waals surface area (Å²) in [6.07, 6.45) is 8.22. The minimum absolute atomic E-state index is 0.0165. The summed E-state index contributed by atoms with van der Waals surface area (Å²) in [4.78, 5) is 11.2. The molecule has 0 aromatic heterocycles. The number of esters is 1. The molecule has 1 saturated carbocycles. The maximum Gasteiger partial charge on any atom is 0.314 e. The number of carbonyl (C=O) groups is 1. The zero-order chi connectivity index (χ0) is 7.68. The minimum Gasteiger partial charge on any atom is -0.435 e. The van der Waals surface area contributed by atoms with E-state index in [1.54, 1.807) is 6.26 Å². The number of rotatable bonds is 0. The van der Waals surface area contributed by atoms with Crippen LogP contribution in [-0.2, 0) is 9.53 Å². The van der Waals surface area contributed by atoms with E-state index >= 15 is 0 Å². The Morgan fingerprint density at radius 1 is 1.36 bits per heavy atom. The van der Waals surface area contributed by atoms with E-state index in [0.717, 1.165) is 12.8 Å². The van der Waals surface area contributed by atoms with Crippen molar-refractivity contribution in [3.05, 3.63) is 12.3 Å². The van der Waals surface area contributed by atoms with Gasteiger partial charge in [0.15, 0.2) is 0 Å². The van der Waals surface area contributed by atoms with Gasteiger partial charge in [-0.15, -0.1) is 0 Å². The van der Waals surface area contributed by atoms with Crippen molar-refractivity contribution in [2.45, 2.75) is 25.7 Å². The van der Waals surface area contributed by atoms with Crippen molar-refractivity contribution in [2.75, 3.05) is 0 Å². The molecule has 60 valence electrons. The Hall–Kier alpha value is -0.790. The lowest BCUT2D eigenvalue weighted by Crippen LogP contribution is -2.29. The highest BCUT2D eigenvalue weighted by Gasteiger charge is 2.32. The van der Waals surface area contributed by atoms with E-state index in [0.29, 0.717) is 5.92 Å². The number of hydrogen-bond acceptors (Lipinski definition) is 2. The van der Waals surface area contributed by atoms with Crippen LogP contribution in [0.2, 0.25) is 0 Å². The second-order valence-electron chi connectivity index (χ2n) is 3.32. The van der Waals surface area contributed by atoms with Gasteiger partial charge in [0.05, 0.1) is 12.2 Å². The first kappa shape index (κ1) is 6.89. The quantitative estimate of drug-likeness (QED) is 0.495. The number of cyclic esters (lactones) is 1. The smallest absolute Gasteiger partial charge is 0.314 e. The molecule has 1 fully saturated rings. The minimum atomic E-state index is -0.0165. The predicted octanol–water partition coefficient (Wildman–Crippen LogP) is 1.86. The molecule has 1 aliphatic heterocycles. The van der Waals surface area contributed by atoms with Crippen LogP contribution in [-0.4, -0.2) is 5.97 Å². The standard InChI is InChI=1S/C9H12O2/c10-9-8-4-2-1-3-7(8)5-6-11-9/h5-8H,1-4H2. The number of carbonyl (C=O) groups excluding carboxylic acids is 1. The molecule has 0 amide bonds. The Morgan fingerprint density at radius 3 is 3.00 bits per heavy atom. The third kappa shape index (κ3) is 1.17. The molecule has 0 saturated heterocycles. The number of hydrogen-bond donors (Lipinski definition) is 0. The maximum atomic E-state index is 11.2. The average Bonchev–Trinajstić information content (AvgIpc) is 2.06. The van der Waals surface area contributed by atoms with Crippen molar-refractivity contribution >= 4 is 5.97 Å². The third-order valence-electron chi connectivity index (χ3n) is 2.63. The summed E-state index contributed by atoms with van der Waals surface area (Å²) in [5.74, 6) is 0.635. The molecular weight excluding hydrogens is 140 g/mol. The third-order valence-corrected chi connectivity index (χ3v) is 2.63. The topological polar surface area (TPSA) is 26.3 Å². The van der Waals surface area contributed by atoms with Crippen LogP contribution in [0.1, 0.15) is 25.7 Å². The fourth-order valence-electron chi connectivity index (χ4n) is 1.98. The Kier molecular flexibility index (Phi) is 1.68. The molecule has 0 radical (unpaired) electrons. The Bertz CT molecular complexity index is 196. The molecule has 2 aliphatic rings. The molecule has 2 rings (SSSR count). The highest BCUT2D eigenvalue weighted by atomic mass is 16.5. The predicted molar refractivity (Wildman–Crippen MR) is 40.7 cm³/mol. The molecule has 0 aromatic carbocycles. The van der Waals surface area contributed by atoms with Crippen molar-refractivity contribution in [2.24, 2.45) is 11.8 Å². The zero-order valence-electron chi connectivity index (χ0n) is 6.45. The van der Waals surface area contributed by atoms with Crippen LogP contribution in [0.3, 0.4) is 0 Å². The zero-order valence-corrected chi connectivity index (χ0v) is 6.45. The van der Waals surface area contributed by atoms with Gasteiger partial charge in [-0.25, -0.2) is 0 Å². The first-order valence-corrected chi connectivity index (χ1v) is 4.25. The van der Waals surface area contributed by atoms with Gasteiger partial charge in [-0.05, 0) is 24.8 Å². The summed E-state index contributed by atoms with van der Waals surface area (Å²) < 4.78 is 4.83. The molecule has 2 nitrogen and oxygen atoms in total. The van der Waals surface area contributed by atoms with Gasteiger partial charge < -0.3 is 4.74 Å². The molecule has 0 N–H and O–H groups in total. The Morgan fingerprint density at radius 2 is 2.18 bits per heavy atom. The fourth-order valence-corrected chi connectivity index (χ4v) is 1.98. The summed E-state index contributed by atoms with van der Waals surface area (Å²) in [7, 11) is 0. The number of fused-ring (bicyclic) bond motifs is 1. The van der Waals surface area contributed by atoms with Gasteiger partial charge in [0.25, 0.3) is 0 Å². The molecule has 1 aliphatic carbocycles. The first-order chi connectivity index (χ1) is 5.38. The van der Waals surface area contributed by atoms with Gasteiger partial charge in [0, 0.05) is 0 Å². The second-order valence-corrected chi connectivity index (χ2v) is 3.32. The Balaban J connectivity index is 2.15. The molecule has 1 heterocycles.